The van der Waals surface area contributed by atoms with E-state index in [0.29, 0.717) is 0 Å². The number of nitrogens with zero attached hydrogens (tertiary/aromatic N) is 4. The van der Waals surface area contributed by atoms with Gasteiger partial charge in [-0.15, -0.1) is 0 Å². The van der Waals surface area contributed by atoms with Gasteiger partial charge in [0.15, 0.2) is 5.69 Å². The van der Waals surface area contributed by atoms with Gasteiger partial charge in [-0.25, -0.2) is 0 Å². The molecule has 0 spiro atoms. The summed E-state index contributed by atoms with van der Waals surface area (Å²) >= 11 is 0. The first-order valence-electron chi connectivity index (χ1n) is 7.77. The number of aromatic nitrogens is 3. The smallest absolute Gasteiger partial charge is 0.303 e. The third-order valence-corrected chi connectivity index (χ3v) is 4.24. The lowest BCUT2D eigenvalue weighted by Crippen LogP contribution is -2.36. The zero-order chi connectivity index (χ0) is 16.3. The van der Waals surface area contributed by atoms with E-state index < -0.39 is 11.9 Å². The first-order valence-corrected chi connectivity index (χ1v) is 7.77. The summed E-state index contributed by atoms with van der Waals surface area (Å²) in [5, 5.41) is 3.69. The topological polar surface area (TPSA) is 34.0 Å². The normalized spacial score (nSPS) is 17.5. The average molecular weight is 324 g/mol. The van der Waals surface area contributed by atoms with Gasteiger partial charge in [-0.3, -0.25) is 9.67 Å². The third kappa shape index (κ3) is 4.10. The molecule has 0 unspecified atom stereocenters. The van der Waals surface area contributed by atoms with Crippen LogP contribution in [-0.2, 0) is 12.6 Å². The molecule has 4 nitrogen and oxygen atoms in total. The number of halogens is 3. The van der Waals surface area contributed by atoms with Gasteiger partial charge in [-0.2, -0.15) is 18.3 Å². The maximum Gasteiger partial charge on any atom is 0.435 e. The van der Waals surface area contributed by atoms with Crippen LogP contribution < -0.4 is 0 Å². The van der Waals surface area contributed by atoms with Crippen molar-refractivity contribution in [3.63, 3.8) is 0 Å². The van der Waals surface area contributed by atoms with Crippen LogP contribution in [0.2, 0.25) is 0 Å². The molecule has 0 atom stereocenters. The standard InChI is InChI=1S/C16H19F3N4/c17-16(18,19)15-7-12-23(21-15)14-5-10-22(11-6-14)9-4-13-3-1-2-8-20-13/h1-3,7-8,12,14H,4-6,9-11H2. The van der Waals surface area contributed by atoms with E-state index in [2.05, 4.69) is 15.0 Å². The number of hydrogen-bond acceptors (Lipinski definition) is 3. The number of alkyl halides is 3. The Labute approximate surface area is 132 Å². The van der Waals surface area contributed by atoms with E-state index in [4.69, 9.17) is 0 Å². The van der Waals surface area contributed by atoms with Crippen molar-refractivity contribution in [1.82, 2.24) is 19.7 Å². The fourth-order valence-electron chi connectivity index (χ4n) is 2.92. The third-order valence-electron chi connectivity index (χ3n) is 4.24. The number of rotatable bonds is 4. The fourth-order valence-corrected chi connectivity index (χ4v) is 2.92. The van der Waals surface area contributed by atoms with Crippen molar-refractivity contribution in [2.75, 3.05) is 19.6 Å². The zero-order valence-electron chi connectivity index (χ0n) is 12.7. The molecule has 0 amide bonds. The Morgan fingerprint density at radius 1 is 1.13 bits per heavy atom. The van der Waals surface area contributed by atoms with Crippen LogP contribution in [0.1, 0.15) is 30.3 Å². The lowest BCUT2D eigenvalue weighted by molar-refractivity contribution is -0.141. The summed E-state index contributed by atoms with van der Waals surface area (Å²) in [6.45, 7) is 2.67. The van der Waals surface area contributed by atoms with E-state index in [-0.39, 0.29) is 6.04 Å². The highest BCUT2D eigenvalue weighted by molar-refractivity contribution is 5.05. The van der Waals surface area contributed by atoms with Gasteiger partial charge in [0, 0.05) is 44.1 Å². The molecule has 0 radical (unpaired) electrons. The number of likely N-dealkylation sites (tertiary alicyclic amines) is 1. The summed E-state index contributed by atoms with van der Waals surface area (Å²) in [4.78, 5) is 6.64. The summed E-state index contributed by atoms with van der Waals surface area (Å²) in [7, 11) is 0. The number of hydrogen-bond donors (Lipinski definition) is 0. The van der Waals surface area contributed by atoms with E-state index in [1.54, 1.807) is 6.20 Å². The van der Waals surface area contributed by atoms with Crippen molar-refractivity contribution in [1.29, 1.82) is 0 Å². The summed E-state index contributed by atoms with van der Waals surface area (Å²) in [6, 6.07) is 6.98. The molecule has 23 heavy (non-hydrogen) atoms. The molecular weight excluding hydrogens is 305 g/mol. The molecule has 1 fully saturated rings. The lowest BCUT2D eigenvalue weighted by atomic mass is 10.0. The van der Waals surface area contributed by atoms with Crippen molar-refractivity contribution in [3.8, 4) is 0 Å². The second kappa shape index (κ2) is 6.70. The molecule has 1 saturated heterocycles. The van der Waals surface area contributed by atoms with Crippen molar-refractivity contribution >= 4 is 0 Å². The van der Waals surface area contributed by atoms with Crippen LogP contribution >= 0.6 is 0 Å². The molecular formula is C16H19F3N4. The molecule has 3 rings (SSSR count). The molecule has 0 bridgehead atoms. The van der Waals surface area contributed by atoms with Crippen LogP contribution in [0.5, 0.6) is 0 Å². The molecule has 0 N–H and O–H groups in total. The first-order chi connectivity index (χ1) is 11.0. The summed E-state index contributed by atoms with van der Waals surface area (Å²) < 4.78 is 39.3. The van der Waals surface area contributed by atoms with Gasteiger partial charge in [0.25, 0.3) is 0 Å². The summed E-state index contributed by atoms with van der Waals surface area (Å²) in [5.74, 6) is 0. The molecule has 0 aromatic carbocycles. The monoisotopic (exact) mass is 324 g/mol. The molecule has 1 aliphatic heterocycles. The van der Waals surface area contributed by atoms with Gasteiger partial charge in [0.2, 0.25) is 0 Å². The second-order valence-electron chi connectivity index (χ2n) is 5.82. The largest absolute Gasteiger partial charge is 0.435 e. The highest BCUT2D eigenvalue weighted by Gasteiger charge is 2.34. The van der Waals surface area contributed by atoms with Crippen LogP contribution in [0, 0.1) is 0 Å². The molecule has 7 heteroatoms. The van der Waals surface area contributed by atoms with E-state index in [1.807, 2.05) is 18.2 Å². The zero-order valence-corrected chi connectivity index (χ0v) is 12.7. The highest BCUT2D eigenvalue weighted by atomic mass is 19.4. The molecule has 0 aliphatic carbocycles. The van der Waals surface area contributed by atoms with Crippen LogP contribution in [0.3, 0.4) is 0 Å². The van der Waals surface area contributed by atoms with Gasteiger partial charge in [-0.1, -0.05) is 6.07 Å². The van der Waals surface area contributed by atoms with Crippen molar-refractivity contribution < 1.29 is 13.2 Å². The van der Waals surface area contributed by atoms with E-state index in [1.165, 1.54) is 10.9 Å². The lowest BCUT2D eigenvalue weighted by Gasteiger charge is -2.32. The summed E-state index contributed by atoms with van der Waals surface area (Å²) in [6.07, 6.45) is 1.40. The van der Waals surface area contributed by atoms with E-state index in [0.717, 1.165) is 50.7 Å². The van der Waals surface area contributed by atoms with Crippen LogP contribution in [0.25, 0.3) is 0 Å². The minimum Gasteiger partial charge on any atom is -0.303 e. The van der Waals surface area contributed by atoms with Gasteiger partial charge in [0.1, 0.15) is 0 Å². The number of piperidine rings is 1. The van der Waals surface area contributed by atoms with Crippen LogP contribution in [-0.4, -0.2) is 39.3 Å². The quantitative estimate of drug-likeness (QED) is 0.866. The Morgan fingerprint density at radius 2 is 1.91 bits per heavy atom. The molecule has 2 aromatic rings. The van der Waals surface area contributed by atoms with Crippen molar-refractivity contribution in [2.45, 2.75) is 31.5 Å². The highest BCUT2D eigenvalue weighted by Crippen LogP contribution is 2.29. The van der Waals surface area contributed by atoms with Gasteiger partial charge in [-0.05, 0) is 31.0 Å². The Kier molecular flexibility index (Phi) is 4.66. The summed E-state index contributed by atoms with van der Waals surface area (Å²) in [5.41, 5.74) is 0.256. The minimum atomic E-state index is -4.37. The first kappa shape index (κ1) is 16.0. The Hall–Kier alpha value is -1.89. The molecule has 0 saturated carbocycles. The maximum atomic E-state index is 12.6. The van der Waals surface area contributed by atoms with E-state index >= 15 is 0 Å². The molecule has 124 valence electrons. The maximum absolute atomic E-state index is 12.6. The molecule has 2 aromatic heterocycles. The Bertz CT molecular complexity index is 616. The van der Waals surface area contributed by atoms with Gasteiger partial charge < -0.3 is 4.90 Å². The minimum absolute atomic E-state index is 0.0530. The average Bonchev–Trinajstić information content (AvgIpc) is 3.05. The Balaban J connectivity index is 1.49. The van der Waals surface area contributed by atoms with Gasteiger partial charge in [0.05, 0.1) is 6.04 Å². The molecule has 1 aliphatic rings. The predicted octanol–water partition coefficient (Wildman–Crippen LogP) is 3.18. The SMILES string of the molecule is FC(F)(F)c1ccn(C2CCN(CCc3ccccn3)CC2)n1. The fraction of sp³-hybridized carbons (Fsp3) is 0.500. The van der Waals surface area contributed by atoms with Gasteiger partial charge >= 0.3 is 6.18 Å². The number of pyridine rings is 1. The Morgan fingerprint density at radius 3 is 2.52 bits per heavy atom. The second-order valence-corrected chi connectivity index (χ2v) is 5.82. The van der Waals surface area contributed by atoms with Crippen molar-refractivity contribution in [3.05, 3.63) is 48.0 Å². The van der Waals surface area contributed by atoms with Crippen LogP contribution in [0.4, 0.5) is 13.2 Å². The van der Waals surface area contributed by atoms with Crippen molar-refractivity contribution in [2.24, 2.45) is 0 Å². The molecule has 3 heterocycles. The van der Waals surface area contributed by atoms with E-state index in [9.17, 15) is 13.2 Å². The predicted molar refractivity (Wildman–Crippen MR) is 79.9 cm³/mol. The van der Waals surface area contributed by atoms with Crippen LogP contribution in [0.15, 0.2) is 36.7 Å².